The lowest BCUT2D eigenvalue weighted by Crippen LogP contribution is -2.48. The second-order valence-electron chi connectivity index (χ2n) is 6.54. The van der Waals surface area contributed by atoms with E-state index in [1.165, 1.54) is 0 Å². The van der Waals surface area contributed by atoms with Gasteiger partial charge in [-0.25, -0.2) is 9.97 Å². The third-order valence-corrected chi connectivity index (χ3v) is 5.45. The Kier molecular flexibility index (Phi) is 6.27. The zero-order chi connectivity index (χ0) is 18.4. The monoisotopic (exact) mass is 373 g/mol. The molecule has 8 heteroatoms. The van der Waals surface area contributed by atoms with E-state index in [4.69, 9.17) is 0 Å². The van der Waals surface area contributed by atoms with Crippen LogP contribution in [0.2, 0.25) is 0 Å². The summed E-state index contributed by atoms with van der Waals surface area (Å²) in [5, 5.41) is 10.0. The topological polar surface area (TPSA) is 68.7 Å². The zero-order valence-electron chi connectivity index (χ0n) is 15.6. The number of hydrogen-bond donors (Lipinski definition) is 2. The summed E-state index contributed by atoms with van der Waals surface area (Å²) in [7, 11) is 5.83. The second kappa shape index (κ2) is 8.84. The van der Waals surface area contributed by atoms with Gasteiger partial charge in [0.05, 0.1) is 12.2 Å². The molecule has 1 aliphatic rings. The number of guanidine groups is 1. The van der Waals surface area contributed by atoms with Gasteiger partial charge in [-0.1, -0.05) is 6.07 Å². The summed E-state index contributed by atoms with van der Waals surface area (Å²) in [5.74, 6) is 1.90. The molecular formula is C18H27N7S. The van der Waals surface area contributed by atoms with Crippen LogP contribution in [0.4, 0.5) is 10.9 Å². The van der Waals surface area contributed by atoms with Crippen LogP contribution in [-0.2, 0) is 6.54 Å². The number of thiazole rings is 1. The highest BCUT2D eigenvalue weighted by molar-refractivity contribution is 7.13. The standard InChI is InChI=1S/C18H27N7S/c1-19-17(21-12-15-13-26-18(23-15)24(2)3)22-14-7-10-25(11-8-14)16-6-4-5-9-20-16/h4-6,9,13-14H,7-8,10-12H2,1-3H3,(H2,19,21,22). The van der Waals surface area contributed by atoms with Crippen molar-refractivity contribution in [2.24, 2.45) is 4.99 Å². The average molecular weight is 374 g/mol. The van der Waals surface area contributed by atoms with Crippen molar-refractivity contribution in [3.8, 4) is 0 Å². The minimum absolute atomic E-state index is 0.425. The first-order valence-corrected chi connectivity index (χ1v) is 9.78. The van der Waals surface area contributed by atoms with Gasteiger partial charge in [-0.15, -0.1) is 11.3 Å². The van der Waals surface area contributed by atoms with E-state index in [1.807, 2.05) is 44.4 Å². The van der Waals surface area contributed by atoms with Gasteiger partial charge in [0.25, 0.3) is 0 Å². The molecule has 2 aromatic heterocycles. The third kappa shape index (κ3) is 4.85. The summed E-state index contributed by atoms with van der Waals surface area (Å²) in [4.78, 5) is 17.7. The number of hydrogen-bond acceptors (Lipinski definition) is 6. The first kappa shape index (κ1) is 18.4. The molecule has 0 spiro atoms. The number of nitrogens with zero attached hydrogens (tertiary/aromatic N) is 5. The Morgan fingerprint density at radius 1 is 1.35 bits per heavy atom. The second-order valence-corrected chi connectivity index (χ2v) is 7.37. The fourth-order valence-electron chi connectivity index (χ4n) is 2.94. The molecule has 0 unspecified atom stereocenters. The van der Waals surface area contributed by atoms with Crippen molar-refractivity contribution in [3.63, 3.8) is 0 Å². The zero-order valence-corrected chi connectivity index (χ0v) is 16.5. The highest BCUT2D eigenvalue weighted by Gasteiger charge is 2.20. The van der Waals surface area contributed by atoms with Crippen molar-refractivity contribution in [3.05, 3.63) is 35.5 Å². The van der Waals surface area contributed by atoms with E-state index in [0.29, 0.717) is 12.6 Å². The van der Waals surface area contributed by atoms with Gasteiger partial charge in [-0.3, -0.25) is 4.99 Å². The number of aliphatic imine (C=N–C) groups is 1. The number of piperidine rings is 1. The van der Waals surface area contributed by atoms with Crippen molar-refractivity contribution in [1.29, 1.82) is 0 Å². The van der Waals surface area contributed by atoms with Crippen LogP contribution in [0.15, 0.2) is 34.8 Å². The Hall–Kier alpha value is -2.35. The van der Waals surface area contributed by atoms with Crippen LogP contribution in [0, 0.1) is 0 Å². The van der Waals surface area contributed by atoms with Gasteiger partial charge < -0.3 is 20.4 Å². The Bertz CT molecular complexity index is 705. The molecule has 0 aliphatic carbocycles. The predicted molar refractivity (Wildman–Crippen MR) is 109 cm³/mol. The van der Waals surface area contributed by atoms with E-state index in [1.54, 1.807) is 11.3 Å². The molecule has 3 rings (SSSR count). The molecule has 2 aromatic rings. The molecule has 0 bridgehead atoms. The molecule has 0 radical (unpaired) electrons. The van der Waals surface area contributed by atoms with Gasteiger partial charge in [-0.2, -0.15) is 0 Å². The molecule has 7 nitrogen and oxygen atoms in total. The Morgan fingerprint density at radius 3 is 2.77 bits per heavy atom. The van der Waals surface area contributed by atoms with Gasteiger partial charge in [0.2, 0.25) is 0 Å². The molecular weight excluding hydrogens is 346 g/mol. The molecule has 1 aliphatic heterocycles. The summed E-state index contributed by atoms with van der Waals surface area (Å²) in [6, 6.07) is 6.49. The molecule has 1 saturated heterocycles. The molecule has 0 atom stereocenters. The number of rotatable bonds is 5. The van der Waals surface area contributed by atoms with Crippen LogP contribution in [0.5, 0.6) is 0 Å². The molecule has 0 saturated carbocycles. The van der Waals surface area contributed by atoms with Gasteiger partial charge in [0.1, 0.15) is 5.82 Å². The van der Waals surface area contributed by atoms with Crippen molar-refractivity contribution >= 4 is 28.2 Å². The van der Waals surface area contributed by atoms with E-state index in [9.17, 15) is 0 Å². The van der Waals surface area contributed by atoms with Crippen LogP contribution in [0.25, 0.3) is 0 Å². The van der Waals surface area contributed by atoms with Crippen molar-refractivity contribution in [1.82, 2.24) is 20.6 Å². The molecule has 0 amide bonds. The summed E-state index contributed by atoms with van der Waals surface area (Å²) < 4.78 is 0. The summed E-state index contributed by atoms with van der Waals surface area (Å²) in [5.41, 5.74) is 1.03. The SMILES string of the molecule is CN=C(NCc1csc(N(C)C)n1)NC1CCN(c2ccccn2)CC1. The van der Waals surface area contributed by atoms with Gasteiger partial charge >= 0.3 is 0 Å². The van der Waals surface area contributed by atoms with Crippen LogP contribution in [-0.4, -0.2) is 56.2 Å². The maximum atomic E-state index is 4.59. The average Bonchev–Trinajstić information content (AvgIpc) is 3.16. The third-order valence-electron chi connectivity index (χ3n) is 4.39. The van der Waals surface area contributed by atoms with Gasteiger partial charge in [0, 0.05) is 51.9 Å². The number of anilines is 2. The number of pyridine rings is 1. The van der Waals surface area contributed by atoms with Gasteiger partial charge in [-0.05, 0) is 25.0 Å². The molecule has 26 heavy (non-hydrogen) atoms. The quantitative estimate of drug-likeness (QED) is 0.617. The first-order valence-electron chi connectivity index (χ1n) is 8.90. The fraction of sp³-hybridized carbons (Fsp3) is 0.500. The molecule has 0 aromatic carbocycles. The van der Waals surface area contributed by atoms with Crippen LogP contribution < -0.4 is 20.4 Å². The molecule has 1 fully saturated rings. The predicted octanol–water partition coefficient (Wildman–Crippen LogP) is 1.94. The number of aromatic nitrogens is 2. The Balaban J connectivity index is 1.45. The lowest BCUT2D eigenvalue weighted by Gasteiger charge is -2.33. The molecule has 2 N–H and O–H groups in total. The highest BCUT2D eigenvalue weighted by Crippen LogP contribution is 2.18. The Morgan fingerprint density at radius 2 is 2.15 bits per heavy atom. The lowest BCUT2D eigenvalue weighted by molar-refractivity contribution is 0.459. The minimum Gasteiger partial charge on any atom is -0.356 e. The van der Waals surface area contributed by atoms with E-state index in [-0.39, 0.29) is 0 Å². The van der Waals surface area contributed by atoms with Gasteiger partial charge in [0.15, 0.2) is 11.1 Å². The molecule has 140 valence electrons. The van der Waals surface area contributed by atoms with Crippen molar-refractivity contribution in [2.45, 2.75) is 25.4 Å². The summed E-state index contributed by atoms with van der Waals surface area (Å²) in [6.45, 7) is 2.69. The maximum Gasteiger partial charge on any atom is 0.191 e. The van der Waals surface area contributed by atoms with E-state index >= 15 is 0 Å². The summed E-state index contributed by atoms with van der Waals surface area (Å²) >= 11 is 1.65. The van der Waals surface area contributed by atoms with Crippen LogP contribution >= 0.6 is 11.3 Å². The van der Waals surface area contributed by atoms with E-state index < -0.39 is 0 Å². The smallest absolute Gasteiger partial charge is 0.191 e. The fourth-order valence-corrected chi connectivity index (χ4v) is 3.70. The van der Waals surface area contributed by atoms with Crippen molar-refractivity contribution in [2.75, 3.05) is 44.0 Å². The lowest BCUT2D eigenvalue weighted by atomic mass is 10.1. The highest BCUT2D eigenvalue weighted by atomic mass is 32.1. The maximum absolute atomic E-state index is 4.59. The van der Waals surface area contributed by atoms with E-state index in [0.717, 1.165) is 48.5 Å². The van der Waals surface area contributed by atoms with Crippen LogP contribution in [0.3, 0.4) is 0 Å². The molecule has 3 heterocycles. The summed E-state index contributed by atoms with van der Waals surface area (Å²) in [6.07, 6.45) is 3.99. The Labute approximate surface area is 159 Å². The van der Waals surface area contributed by atoms with Crippen molar-refractivity contribution < 1.29 is 0 Å². The first-order chi connectivity index (χ1) is 12.7. The largest absolute Gasteiger partial charge is 0.356 e. The number of nitrogens with one attached hydrogen (secondary N) is 2. The normalized spacial score (nSPS) is 15.8. The minimum atomic E-state index is 0.425. The van der Waals surface area contributed by atoms with Crippen LogP contribution in [0.1, 0.15) is 18.5 Å². The van der Waals surface area contributed by atoms with E-state index in [2.05, 4.69) is 41.9 Å².